The van der Waals surface area contributed by atoms with Crippen LogP contribution in [0.2, 0.25) is 0 Å². The zero-order chi connectivity index (χ0) is 12.1. The number of pyridine rings is 1. The second kappa shape index (κ2) is 6.03. The maximum absolute atomic E-state index is 13.3. The van der Waals surface area contributed by atoms with E-state index in [4.69, 9.17) is 9.47 Å². The van der Waals surface area contributed by atoms with Crippen molar-refractivity contribution >= 4 is 21.7 Å². The van der Waals surface area contributed by atoms with E-state index in [1.165, 1.54) is 13.2 Å². The van der Waals surface area contributed by atoms with Crippen LogP contribution in [0.4, 0.5) is 4.39 Å². The molecule has 0 aliphatic carbocycles. The van der Waals surface area contributed by atoms with Crippen molar-refractivity contribution in [3.63, 3.8) is 0 Å². The van der Waals surface area contributed by atoms with Crippen LogP contribution < -0.4 is 0 Å². The van der Waals surface area contributed by atoms with Gasteiger partial charge in [-0.2, -0.15) is 0 Å². The molecular weight excluding hydrogens is 281 g/mol. The van der Waals surface area contributed by atoms with Gasteiger partial charge in [0.1, 0.15) is 4.60 Å². The summed E-state index contributed by atoms with van der Waals surface area (Å²) in [5.74, 6) is -1.26. The lowest BCUT2D eigenvalue weighted by molar-refractivity contribution is -0.0914. The van der Waals surface area contributed by atoms with E-state index in [2.05, 4.69) is 20.9 Å². The van der Waals surface area contributed by atoms with Crippen LogP contribution in [0, 0.1) is 5.82 Å². The molecule has 1 atom stereocenters. The average Bonchev–Trinajstić information content (AvgIpc) is 2.28. The van der Waals surface area contributed by atoms with Crippen LogP contribution in [-0.4, -0.2) is 30.8 Å². The molecule has 6 heteroatoms. The SMILES string of the molecule is CCOC(OC)C(=O)c1cc(Br)ncc1F. The number of nitrogens with zero attached hydrogens (tertiary/aromatic N) is 1. The van der Waals surface area contributed by atoms with Gasteiger partial charge in [-0.05, 0) is 28.9 Å². The van der Waals surface area contributed by atoms with Gasteiger partial charge in [0, 0.05) is 13.7 Å². The highest BCUT2D eigenvalue weighted by molar-refractivity contribution is 9.10. The second-order valence-electron chi connectivity index (χ2n) is 2.87. The number of carbonyl (C=O) groups is 1. The number of methoxy groups -OCH3 is 1. The second-order valence-corrected chi connectivity index (χ2v) is 3.69. The summed E-state index contributed by atoms with van der Waals surface area (Å²) in [5, 5.41) is 0. The van der Waals surface area contributed by atoms with Crippen molar-refractivity contribution in [1.82, 2.24) is 4.98 Å². The minimum Gasteiger partial charge on any atom is -0.349 e. The molecular formula is C10H11BrFNO3. The molecule has 0 aliphatic heterocycles. The van der Waals surface area contributed by atoms with Gasteiger partial charge in [-0.25, -0.2) is 9.37 Å². The minimum atomic E-state index is -1.09. The predicted octanol–water partition coefficient (Wildman–Crippen LogP) is 2.17. The van der Waals surface area contributed by atoms with E-state index in [0.717, 1.165) is 6.20 Å². The summed E-state index contributed by atoms with van der Waals surface area (Å²) in [6.07, 6.45) is -0.121. The molecule has 1 unspecified atom stereocenters. The van der Waals surface area contributed by atoms with Crippen molar-refractivity contribution in [3.8, 4) is 0 Å². The van der Waals surface area contributed by atoms with Crippen molar-refractivity contribution < 1.29 is 18.7 Å². The largest absolute Gasteiger partial charge is 0.349 e. The molecule has 88 valence electrons. The molecule has 1 rings (SSSR count). The fraction of sp³-hybridized carbons (Fsp3) is 0.400. The van der Waals surface area contributed by atoms with Crippen LogP contribution in [0.15, 0.2) is 16.9 Å². The number of carbonyl (C=O) groups excluding carboxylic acids is 1. The van der Waals surface area contributed by atoms with E-state index in [1.807, 2.05) is 0 Å². The van der Waals surface area contributed by atoms with Gasteiger partial charge in [-0.1, -0.05) is 0 Å². The first-order valence-electron chi connectivity index (χ1n) is 4.59. The summed E-state index contributed by atoms with van der Waals surface area (Å²) in [6.45, 7) is 2.02. The lowest BCUT2D eigenvalue weighted by atomic mass is 10.1. The third-order valence-corrected chi connectivity index (χ3v) is 2.27. The molecule has 16 heavy (non-hydrogen) atoms. The summed E-state index contributed by atoms with van der Waals surface area (Å²) in [6, 6.07) is 1.29. The molecule has 0 fully saturated rings. The van der Waals surface area contributed by atoms with Gasteiger partial charge >= 0.3 is 0 Å². The molecule has 1 aromatic rings. The van der Waals surface area contributed by atoms with Crippen LogP contribution in [0.3, 0.4) is 0 Å². The number of hydrogen-bond acceptors (Lipinski definition) is 4. The quantitative estimate of drug-likeness (QED) is 0.474. The third-order valence-electron chi connectivity index (χ3n) is 1.83. The van der Waals surface area contributed by atoms with Crippen LogP contribution in [0.5, 0.6) is 0 Å². The van der Waals surface area contributed by atoms with Gasteiger partial charge in [0.2, 0.25) is 12.1 Å². The molecule has 0 N–H and O–H groups in total. The molecule has 1 aromatic heterocycles. The maximum atomic E-state index is 13.3. The van der Waals surface area contributed by atoms with Crippen molar-refractivity contribution in [2.45, 2.75) is 13.2 Å². The summed E-state index contributed by atoms with van der Waals surface area (Å²) < 4.78 is 23.6. The van der Waals surface area contributed by atoms with Gasteiger partial charge in [0.15, 0.2) is 5.82 Å². The Kier molecular flexibility index (Phi) is 4.98. The van der Waals surface area contributed by atoms with Crippen LogP contribution in [0.25, 0.3) is 0 Å². The number of aromatic nitrogens is 1. The van der Waals surface area contributed by atoms with Gasteiger partial charge < -0.3 is 9.47 Å². The minimum absolute atomic E-state index is 0.109. The molecule has 0 bridgehead atoms. The lowest BCUT2D eigenvalue weighted by Gasteiger charge is -2.14. The average molecular weight is 292 g/mol. The molecule has 0 radical (unpaired) electrons. The molecule has 0 aromatic carbocycles. The van der Waals surface area contributed by atoms with E-state index in [0.29, 0.717) is 11.2 Å². The van der Waals surface area contributed by atoms with E-state index < -0.39 is 17.9 Å². The topological polar surface area (TPSA) is 48.4 Å². The van der Waals surface area contributed by atoms with Crippen LogP contribution in [0.1, 0.15) is 17.3 Å². The van der Waals surface area contributed by atoms with Crippen LogP contribution >= 0.6 is 15.9 Å². The molecule has 0 aliphatic rings. The lowest BCUT2D eigenvalue weighted by Crippen LogP contribution is -2.27. The summed E-state index contributed by atoms with van der Waals surface area (Å²) in [5.41, 5.74) is -0.109. The van der Waals surface area contributed by atoms with Gasteiger partial charge in [0.05, 0.1) is 11.8 Å². The van der Waals surface area contributed by atoms with Crippen molar-refractivity contribution in [3.05, 3.63) is 28.2 Å². The van der Waals surface area contributed by atoms with Crippen molar-refractivity contribution in [1.29, 1.82) is 0 Å². The molecule has 0 saturated heterocycles. The maximum Gasteiger partial charge on any atom is 0.222 e. The number of rotatable bonds is 5. The Labute approximate surface area is 101 Å². The van der Waals surface area contributed by atoms with Crippen molar-refractivity contribution in [2.75, 3.05) is 13.7 Å². The van der Waals surface area contributed by atoms with Crippen molar-refractivity contribution in [2.24, 2.45) is 0 Å². The molecule has 1 heterocycles. The predicted molar refractivity (Wildman–Crippen MR) is 58.6 cm³/mol. The number of hydrogen-bond donors (Lipinski definition) is 0. The smallest absolute Gasteiger partial charge is 0.222 e. The first-order valence-corrected chi connectivity index (χ1v) is 5.39. The van der Waals surface area contributed by atoms with E-state index in [1.54, 1.807) is 6.92 Å². The number of ketones is 1. The van der Waals surface area contributed by atoms with Gasteiger partial charge in [0.25, 0.3) is 0 Å². The fourth-order valence-corrected chi connectivity index (χ4v) is 1.46. The summed E-state index contributed by atoms with van der Waals surface area (Å²) in [4.78, 5) is 15.5. The fourth-order valence-electron chi connectivity index (χ4n) is 1.13. The zero-order valence-electron chi connectivity index (χ0n) is 8.87. The Bertz CT molecular complexity index is 386. The standard InChI is InChI=1S/C10H11BrFNO3/c1-3-16-10(15-2)9(14)6-4-8(11)13-5-7(6)12/h4-5,10H,3H2,1-2H3. The van der Waals surface area contributed by atoms with E-state index in [9.17, 15) is 9.18 Å². The summed E-state index contributed by atoms with van der Waals surface area (Å²) >= 11 is 3.06. The highest BCUT2D eigenvalue weighted by Crippen LogP contribution is 2.15. The molecule has 0 spiro atoms. The third kappa shape index (κ3) is 3.07. The molecule has 0 saturated carbocycles. The monoisotopic (exact) mass is 291 g/mol. The molecule has 4 nitrogen and oxygen atoms in total. The normalized spacial score (nSPS) is 12.5. The Balaban J connectivity index is 2.98. The van der Waals surface area contributed by atoms with Gasteiger partial charge in [-0.15, -0.1) is 0 Å². The zero-order valence-corrected chi connectivity index (χ0v) is 10.5. The highest BCUT2D eigenvalue weighted by atomic mass is 79.9. The number of ether oxygens (including phenoxy) is 2. The van der Waals surface area contributed by atoms with Gasteiger partial charge in [-0.3, -0.25) is 4.79 Å². The highest BCUT2D eigenvalue weighted by Gasteiger charge is 2.23. The number of halogens is 2. The Hall–Kier alpha value is -0.850. The first-order chi connectivity index (χ1) is 7.60. The van der Waals surface area contributed by atoms with Crippen LogP contribution in [-0.2, 0) is 9.47 Å². The number of Topliss-reactive ketones (excluding diaryl/α,β-unsaturated/α-hetero) is 1. The summed E-state index contributed by atoms with van der Waals surface area (Å²) in [7, 11) is 1.33. The Morgan fingerprint density at radius 3 is 2.94 bits per heavy atom. The first kappa shape index (κ1) is 13.2. The Morgan fingerprint density at radius 1 is 1.69 bits per heavy atom. The van der Waals surface area contributed by atoms with E-state index >= 15 is 0 Å². The van der Waals surface area contributed by atoms with E-state index in [-0.39, 0.29) is 5.56 Å². The molecule has 0 amide bonds. The Morgan fingerprint density at radius 2 is 2.38 bits per heavy atom.